The summed E-state index contributed by atoms with van der Waals surface area (Å²) in [5.74, 6) is 0. The minimum Gasteiger partial charge on any atom is -0.383 e. The van der Waals surface area contributed by atoms with Crippen molar-refractivity contribution in [1.29, 1.82) is 0 Å². The van der Waals surface area contributed by atoms with Crippen LogP contribution in [-0.4, -0.2) is 32.7 Å². The first-order valence-corrected chi connectivity index (χ1v) is 6.26. The molecule has 16 heavy (non-hydrogen) atoms. The molecule has 3 heteroatoms. The van der Waals surface area contributed by atoms with Crippen LogP contribution in [0.4, 0.5) is 11.4 Å². The van der Waals surface area contributed by atoms with Gasteiger partial charge in [-0.2, -0.15) is 0 Å². The molecule has 0 unspecified atom stereocenters. The van der Waals surface area contributed by atoms with Crippen molar-refractivity contribution in [2.75, 3.05) is 42.9 Å². The fourth-order valence-electron chi connectivity index (χ4n) is 2.66. The Morgan fingerprint density at radius 1 is 1.06 bits per heavy atom. The molecule has 3 nitrogen and oxygen atoms in total. The molecule has 0 aliphatic carbocycles. The van der Waals surface area contributed by atoms with Gasteiger partial charge in [-0.3, -0.25) is 0 Å². The predicted octanol–water partition coefficient (Wildman–Crippen LogP) is 1.45. The van der Waals surface area contributed by atoms with E-state index in [9.17, 15) is 0 Å². The maximum Gasteiger partial charge on any atom is 0.0610 e. The molecule has 0 aromatic heterocycles. The number of rotatable bonds is 1. The highest BCUT2D eigenvalue weighted by atomic mass is 15.2. The van der Waals surface area contributed by atoms with Gasteiger partial charge in [0.15, 0.2) is 0 Å². The lowest BCUT2D eigenvalue weighted by atomic mass is 10.0. The van der Waals surface area contributed by atoms with Crippen molar-refractivity contribution in [3.8, 4) is 0 Å². The predicted molar refractivity (Wildman–Crippen MR) is 68.3 cm³/mol. The highest BCUT2D eigenvalue weighted by Gasteiger charge is 2.17. The fourth-order valence-corrected chi connectivity index (χ4v) is 2.66. The molecule has 0 atom stereocenters. The molecule has 0 spiro atoms. The van der Waals surface area contributed by atoms with Gasteiger partial charge in [0.2, 0.25) is 0 Å². The zero-order valence-corrected chi connectivity index (χ0v) is 9.63. The Bertz CT molecular complexity index is 369. The minimum absolute atomic E-state index is 1.10. The number of fused-ring (bicyclic) bond motifs is 1. The van der Waals surface area contributed by atoms with Crippen LogP contribution in [0.3, 0.4) is 0 Å². The molecule has 3 rings (SSSR count). The largest absolute Gasteiger partial charge is 0.383 e. The Kier molecular flexibility index (Phi) is 2.70. The van der Waals surface area contributed by atoms with Crippen molar-refractivity contribution in [2.24, 2.45) is 0 Å². The second-order valence-electron chi connectivity index (χ2n) is 4.58. The lowest BCUT2D eigenvalue weighted by Crippen LogP contribution is -2.44. The number of benzene rings is 1. The Balaban J connectivity index is 1.93. The molecule has 1 aromatic rings. The molecule has 0 bridgehead atoms. The summed E-state index contributed by atoms with van der Waals surface area (Å²) in [6.45, 7) is 5.57. The third-order valence-electron chi connectivity index (χ3n) is 3.51. The minimum atomic E-state index is 1.10. The van der Waals surface area contributed by atoms with Crippen LogP contribution in [0.15, 0.2) is 18.2 Å². The number of nitrogens with one attached hydrogen (secondary N) is 2. The van der Waals surface area contributed by atoms with Crippen molar-refractivity contribution in [2.45, 2.75) is 12.8 Å². The standard InChI is InChI=1S/C13H19N3/c1-3-11-4-2-6-15-13(11)12(5-1)16-9-7-14-8-10-16/h1,3,5,14-15H,2,4,6-10H2. The fraction of sp³-hybridized carbons (Fsp3) is 0.538. The van der Waals surface area contributed by atoms with Crippen LogP contribution in [0.5, 0.6) is 0 Å². The molecule has 1 aromatic carbocycles. The van der Waals surface area contributed by atoms with Gasteiger partial charge in [-0.25, -0.2) is 0 Å². The van der Waals surface area contributed by atoms with E-state index in [1.165, 1.54) is 29.8 Å². The SMILES string of the molecule is c1cc2c(c(N3CCNCC3)c1)NCCC2. The van der Waals surface area contributed by atoms with Crippen molar-refractivity contribution < 1.29 is 0 Å². The number of para-hydroxylation sites is 1. The lowest BCUT2D eigenvalue weighted by Gasteiger charge is -2.33. The van der Waals surface area contributed by atoms with Gasteiger partial charge in [-0.05, 0) is 24.5 Å². The van der Waals surface area contributed by atoms with Crippen LogP contribution in [0.1, 0.15) is 12.0 Å². The third-order valence-corrected chi connectivity index (χ3v) is 3.51. The van der Waals surface area contributed by atoms with E-state index in [1.807, 2.05) is 0 Å². The molecule has 2 aliphatic heterocycles. The average molecular weight is 217 g/mol. The number of nitrogens with zero attached hydrogens (tertiary/aromatic N) is 1. The second kappa shape index (κ2) is 4.34. The van der Waals surface area contributed by atoms with Crippen LogP contribution >= 0.6 is 0 Å². The van der Waals surface area contributed by atoms with Gasteiger partial charge in [-0.1, -0.05) is 12.1 Å². The van der Waals surface area contributed by atoms with E-state index in [1.54, 1.807) is 0 Å². The summed E-state index contributed by atoms with van der Waals surface area (Å²) in [5.41, 5.74) is 4.27. The van der Waals surface area contributed by atoms with Gasteiger partial charge in [0.1, 0.15) is 0 Å². The van der Waals surface area contributed by atoms with E-state index < -0.39 is 0 Å². The second-order valence-corrected chi connectivity index (χ2v) is 4.58. The van der Waals surface area contributed by atoms with Crippen molar-refractivity contribution in [3.05, 3.63) is 23.8 Å². The first kappa shape index (κ1) is 9.97. The van der Waals surface area contributed by atoms with E-state index in [2.05, 4.69) is 33.7 Å². The van der Waals surface area contributed by atoms with E-state index in [0.29, 0.717) is 0 Å². The highest BCUT2D eigenvalue weighted by Crippen LogP contribution is 2.32. The summed E-state index contributed by atoms with van der Waals surface area (Å²) < 4.78 is 0. The summed E-state index contributed by atoms with van der Waals surface area (Å²) in [4.78, 5) is 2.49. The molecule has 0 amide bonds. The van der Waals surface area contributed by atoms with E-state index >= 15 is 0 Å². The van der Waals surface area contributed by atoms with E-state index in [4.69, 9.17) is 0 Å². The number of aryl methyl sites for hydroxylation is 1. The van der Waals surface area contributed by atoms with Crippen molar-refractivity contribution >= 4 is 11.4 Å². The molecule has 2 aliphatic rings. The van der Waals surface area contributed by atoms with Gasteiger partial charge in [0.25, 0.3) is 0 Å². The Morgan fingerprint density at radius 2 is 1.94 bits per heavy atom. The molecule has 0 saturated carbocycles. The molecule has 86 valence electrons. The normalized spacial score (nSPS) is 20.1. The van der Waals surface area contributed by atoms with E-state index in [0.717, 1.165) is 32.7 Å². The summed E-state index contributed by atoms with van der Waals surface area (Å²) in [6, 6.07) is 6.71. The molecule has 2 heterocycles. The van der Waals surface area contributed by atoms with Gasteiger partial charge in [0, 0.05) is 32.7 Å². The van der Waals surface area contributed by atoms with Gasteiger partial charge in [-0.15, -0.1) is 0 Å². The number of hydrogen-bond acceptors (Lipinski definition) is 3. The smallest absolute Gasteiger partial charge is 0.0610 e. The highest BCUT2D eigenvalue weighted by molar-refractivity contribution is 5.74. The van der Waals surface area contributed by atoms with Crippen molar-refractivity contribution in [1.82, 2.24) is 5.32 Å². The number of anilines is 2. The summed E-state index contributed by atoms with van der Waals surface area (Å²) in [7, 11) is 0. The first-order valence-electron chi connectivity index (χ1n) is 6.26. The van der Waals surface area contributed by atoms with Crippen molar-refractivity contribution in [3.63, 3.8) is 0 Å². The van der Waals surface area contributed by atoms with Crippen LogP contribution in [0.2, 0.25) is 0 Å². The summed E-state index contributed by atoms with van der Waals surface area (Å²) in [6.07, 6.45) is 2.49. The molecular weight excluding hydrogens is 198 g/mol. The molecule has 1 fully saturated rings. The van der Waals surface area contributed by atoms with Crippen LogP contribution in [-0.2, 0) is 6.42 Å². The molecule has 0 radical (unpaired) electrons. The quantitative estimate of drug-likeness (QED) is 0.745. The number of hydrogen-bond donors (Lipinski definition) is 2. The zero-order valence-electron chi connectivity index (χ0n) is 9.63. The van der Waals surface area contributed by atoms with Crippen LogP contribution in [0.25, 0.3) is 0 Å². The maximum atomic E-state index is 3.57. The Morgan fingerprint density at radius 3 is 2.81 bits per heavy atom. The lowest BCUT2D eigenvalue weighted by molar-refractivity contribution is 0.589. The first-order chi connectivity index (χ1) is 7.95. The van der Waals surface area contributed by atoms with Gasteiger partial charge >= 0.3 is 0 Å². The third kappa shape index (κ3) is 1.76. The van der Waals surface area contributed by atoms with Crippen LogP contribution < -0.4 is 15.5 Å². The Hall–Kier alpha value is -1.22. The van der Waals surface area contributed by atoms with Gasteiger partial charge in [0.05, 0.1) is 11.4 Å². The van der Waals surface area contributed by atoms with E-state index in [-0.39, 0.29) is 0 Å². The summed E-state index contributed by atoms with van der Waals surface area (Å²) in [5, 5.41) is 6.97. The maximum absolute atomic E-state index is 3.57. The average Bonchev–Trinajstić information content (AvgIpc) is 2.39. The topological polar surface area (TPSA) is 27.3 Å². The zero-order chi connectivity index (χ0) is 10.8. The molecular formula is C13H19N3. The monoisotopic (exact) mass is 217 g/mol. The molecule has 2 N–H and O–H groups in total. The summed E-state index contributed by atoms with van der Waals surface area (Å²) >= 11 is 0. The van der Waals surface area contributed by atoms with Crippen LogP contribution in [0, 0.1) is 0 Å². The van der Waals surface area contributed by atoms with Gasteiger partial charge < -0.3 is 15.5 Å². The Labute approximate surface area is 96.8 Å². The molecule has 1 saturated heterocycles. The number of piperazine rings is 1.